The van der Waals surface area contributed by atoms with E-state index in [2.05, 4.69) is 15.3 Å². The van der Waals surface area contributed by atoms with Crippen LogP contribution in [-0.4, -0.2) is 53.1 Å². The summed E-state index contributed by atoms with van der Waals surface area (Å²) in [6, 6.07) is 13.1. The molecule has 1 aliphatic rings. The first kappa shape index (κ1) is 18.2. The lowest BCUT2D eigenvalue weighted by Gasteiger charge is -2.35. The zero-order valence-corrected chi connectivity index (χ0v) is 15.7. The van der Waals surface area contributed by atoms with Crippen LogP contribution in [0.3, 0.4) is 0 Å². The van der Waals surface area contributed by atoms with E-state index in [9.17, 15) is 4.79 Å². The Balaban J connectivity index is 1.51. The molecule has 1 saturated heterocycles. The van der Waals surface area contributed by atoms with Crippen molar-refractivity contribution < 1.29 is 13.9 Å². The fourth-order valence-electron chi connectivity index (χ4n) is 3.23. The number of hydrogen-bond donors (Lipinski definition) is 1. The molecule has 28 heavy (non-hydrogen) atoms. The van der Waals surface area contributed by atoms with Gasteiger partial charge >= 0.3 is 0 Å². The van der Waals surface area contributed by atoms with Gasteiger partial charge in [0.1, 0.15) is 12.4 Å². The number of carbonyl (C=O) groups is 1. The SMILES string of the molecule is Cc1nc(-c2ccccc2)oc1C(=O)N1CCNCC1COc1cccnc1. The molecule has 0 saturated carbocycles. The first-order valence-corrected chi connectivity index (χ1v) is 9.30. The van der Waals surface area contributed by atoms with Gasteiger partial charge in [-0.3, -0.25) is 9.78 Å². The van der Waals surface area contributed by atoms with E-state index >= 15 is 0 Å². The number of pyridine rings is 1. The smallest absolute Gasteiger partial charge is 0.292 e. The van der Waals surface area contributed by atoms with E-state index in [0.717, 1.165) is 12.1 Å². The van der Waals surface area contributed by atoms with Crippen LogP contribution in [0, 0.1) is 6.92 Å². The predicted octanol–water partition coefficient (Wildman–Crippen LogP) is 2.54. The van der Waals surface area contributed by atoms with E-state index in [1.54, 1.807) is 24.2 Å². The molecule has 2 aromatic heterocycles. The zero-order chi connectivity index (χ0) is 19.3. The van der Waals surface area contributed by atoms with E-state index in [1.807, 2.05) is 42.5 Å². The van der Waals surface area contributed by atoms with Crippen molar-refractivity contribution in [1.29, 1.82) is 0 Å². The van der Waals surface area contributed by atoms with Crippen molar-refractivity contribution >= 4 is 5.91 Å². The summed E-state index contributed by atoms with van der Waals surface area (Å²) in [7, 11) is 0. The number of amides is 1. The Bertz CT molecular complexity index is 927. The lowest BCUT2D eigenvalue weighted by molar-refractivity contribution is 0.0528. The maximum atomic E-state index is 13.2. The Kier molecular flexibility index (Phi) is 5.34. The van der Waals surface area contributed by atoms with E-state index < -0.39 is 0 Å². The summed E-state index contributed by atoms with van der Waals surface area (Å²) in [6.45, 7) is 4.15. The summed E-state index contributed by atoms with van der Waals surface area (Å²) in [5.41, 5.74) is 1.44. The molecule has 1 fully saturated rings. The topological polar surface area (TPSA) is 80.5 Å². The molecular weight excluding hydrogens is 356 g/mol. The number of carbonyl (C=O) groups excluding carboxylic acids is 1. The molecule has 0 radical (unpaired) electrons. The second kappa shape index (κ2) is 8.22. The number of oxazole rings is 1. The van der Waals surface area contributed by atoms with Crippen molar-refractivity contribution in [3.05, 3.63) is 66.3 Å². The molecule has 7 heteroatoms. The number of ether oxygens (including phenoxy) is 1. The van der Waals surface area contributed by atoms with Crippen LogP contribution in [-0.2, 0) is 0 Å². The minimum absolute atomic E-state index is 0.105. The van der Waals surface area contributed by atoms with Crippen LogP contribution < -0.4 is 10.1 Å². The van der Waals surface area contributed by atoms with Crippen LogP contribution in [0.5, 0.6) is 5.75 Å². The monoisotopic (exact) mass is 378 g/mol. The fourth-order valence-corrected chi connectivity index (χ4v) is 3.23. The van der Waals surface area contributed by atoms with Crippen molar-refractivity contribution in [2.75, 3.05) is 26.2 Å². The van der Waals surface area contributed by atoms with Crippen LogP contribution in [0.25, 0.3) is 11.5 Å². The number of benzene rings is 1. The van der Waals surface area contributed by atoms with Gasteiger partial charge < -0.3 is 19.4 Å². The van der Waals surface area contributed by atoms with Crippen LogP contribution in [0.1, 0.15) is 16.2 Å². The zero-order valence-electron chi connectivity index (χ0n) is 15.7. The van der Waals surface area contributed by atoms with Gasteiger partial charge in [-0.1, -0.05) is 18.2 Å². The molecular formula is C21H22N4O3. The Morgan fingerprint density at radius 1 is 1.29 bits per heavy atom. The summed E-state index contributed by atoms with van der Waals surface area (Å²) in [6.07, 6.45) is 3.36. The highest BCUT2D eigenvalue weighted by atomic mass is 16.5. The minimum Gasteiger partial charge on any atom is -0.490 e. The molecule has 7 nitrogen and oxygen atoms in total. The molecule has 1 N–H and O–H groups in total. The maximum Gasteiger partial charge on any atom is 0.292 e. The fraction of sp³-hybridized carbons (Fsp3) is 0.286. The Morgan fingerprint density at radius 3 is 2.93 bits per heavy atom. The number of aryl methyl sites for hydroxylation is 1. The van der Waals surface area contributed by atoms with Gasteiger partial charge in [0, 0.05) is 31.4 Å². The average Bonchev–Trinajstić information content (AvgIpc) is 3.15. The van der Waals surface area contributed by atoms with Gasteiger partial charge in [0.25, 0.3) is 5.91 Å². The molecule has 144 valence electrons. The first-order chi connectivity index (χ1) is 13.7. The minimum atomic E-state index is -0.159. The summed E-state index contributed by atoms with van der Waals surface area (Å²) in [5.74, 6) is 1.27. The Morgan fingerprint density at radius 2 is 2.14 bits per heavy atom. The number of rotatable bonds is 5. The third-order valence-corrected chi connectivity index (χ3v) is 4.70. The molecule has 0 spiro atoms. The summed E-state index contributed by atoms with van der Waals surface area (Å²) in [4.78, 5) is 23.5. The van der Waals surface area contributed by atoms with Crippen molar-refractivity contribution in [3.63, 3.8) is 0 Å². The van der Waals surface area contributed by atoms with Crippen molar-refractivity contribution in [2.45, 2.75) is 13.0 Å². The van der Waals surface area contributed by atoms with Gasteiger partial charge in [-0.2, -0.15) is 0 Å². The number of hydrogen-bond acceptors (Lipinski definition) is 6. The lowest BCUT2D eigenvalue weighted by Crippen LogP contribution is -2.56. The number of piperazine rings is 1. The lowest BCUT2D eigenvalue weighted by atomic mass is 10.2. The Labute approximate surface area is 163 Å². The average molecular weight is 378 g/mol. The second-order valence-corrected chi connectivity index (χ2v) is 6.66. The molecule has 1 aromatic carbocycles. The highest BCUT2D eigenvalue weighted by Crippen LogP contribution is 2.23. The molecule has 1 aliphatic heterocycles. The van der Waals surface area contributed by atoms with Gasteiger partial charge in [-0.15, -0.1) is 0 Å². The molecule has 0 aliphatic carbocycles. The normalized spacial score (nSPS) is 16.8. The van der Waals surface area contributed by atoms with Crippen molar-refractivity contribution in [1.82, 2.24) is 20.2 Å². The van der Waals surface area contributed by atoms with Gasteiger partial charge in [0.2, 0.25) is 11.7 Å². The van der Waals surface area contributed by atoms with Gasteiger partial charge in [-0.25, -0.2) is 4.98 Å². The largest absolute Gasteiger partial charge is 0.490 e. The van der Waals surface area contributed by atoms with Crippen LogP contribution in [0.2, 0.25) is 0 Å². The molecule has 0 bridgehead atoms. The van der Waals surface area contributed by atoms with Crippen molar-refractivity contribution in [2.24, 2.45) is 0 Å². The first-order valence-electron chi connectivity index (χ1n) is 9.30. The van der Waals surface area contributed by atoms with Gasteiger partial charge in [-0.05, 0) is 31.2 Å². The van der Waals surface area contributed by atoms with E-state index in [0.29, 0.717) is 37.0 Å². The standard InChI is InChI=1S/C21H22N4O3/c1-15-19(28-20(24-15)16-6-3-2-4-7-16)21(26)25-11-10-23-12-17(25)14-27-18-8-5-9-22-13-18/h2-9,13,17,23H,10-12,14H2,1H3. The quantitative estimate of drug-likeness (QED) is 0.735. The van der Waals surface area contributed by atoms with Crippen molar-refractivity contribution in [3.8, 4) is 17.2 Å². The highest BCUT2D eigenvalue weighted by Gasteiger charge is 2.31. The molecule has 4 rings (SSSR count). The third-order valence-electron chi connectivity index (χ3n) is 4.70. The van der Waals surface area contributed by atoms with Gasteiger partial charge in [0.15, 0.2) is 0 Å². The summed E-state index contributed by atoms with van der Waals surface area (Å²) < 4.78 is 11.7. The third kappa shape index (κ3) is 3.89. The van der Waals surface area contributed by atoms with Crippen LogP contribution in [0.15, 0.2) is 59.3 Å². The van der Waals surface area contributed by atoms with Crippen LogP contribution in [0.4, 0.5) is 0 Å². The molecule has 1 unspecified atom stereocenters. The summed E-state index contributed by atoms with van der Waals surface area (Å²) in [5, 5.41) is 3.32. The second-order valence-electron chi connectivity index (χ2n) is 6.66. The van der Waals surface area contributed by atoms with Gasteiger partial charge in [0.05, 0.1) is 17.9 Å². The summed E-state index contributed by atoms with van der Waals surface area (Å²) >= 11 is 0. The number of aromatic nitrogens is 2. The Hall–Kier alpha value is -3.19. The van der Waals surface area contributed by atoms with E-state index in [-0.39, 0.29) is 17.7 Å². The van der Waals surface area contributed by atoms with Crippen LogP contribution >= 0.6 is 0 Å². The molecule has 3 aromatic rings. The molecule has 1 atom stereocenters. The van der Waals surface area contributed by atoms with E-state index in [4.69, 9.17) is 9.15 Å². The highest BCUT2D eigenvalue weighted by molar-refractivity contribution is 5.93. The maximum absolute atomic E-state index is 13.2. The molecule has 3 heterocycles. The van der Waals surface area contributed by atoms with E-state index in [1.165, 1.54) is 0 Å². The number of nitrogens with one attached hydrogen (secondary N) is 1. The molecule has 1 amide bonds. The number of nitrogens with zero attached hydrogens (tertiary/aromatic N) is 3. The predicted molar refractivity (Wildman–Crippen MR) is 104 cm³/mol.